The van der Waals surface area contributed by atoms with Crippen molar-refractivity contribution in [3.05, 3.63) is 35.9 Å². The lowest BCUT2D eigenvalue weighted by Crippen LogP contribution is -2.05. The molecule has 0 amide bonds. The van der Waals surface area contributed by atoms with E-state index >= 15 is 0 Å². The van der Waals surface area contributed by atoms with Crippen LogP contribution in [0.3, 0.4) is 0 Å². The van der Waals surface area contributed by atoms with Crippen molar-refractivity contribution in [2.45, 2.75) is 6.42 Å². The Hall–Kier alpha value is -1.82. The van der Waals surface area contributed by atoms with Gasteiger partial charge in [-0.1, -0.05) is 29.4 Å². The smallest absolute Gasteiger partial charge is 0.222 e. The summed E-state index contributed by atoms with van der Waals surface area (Å²) in [5.41, 5.74) is 7.97. The molecule has 0 aliphatic carbocycles. The molecule has 0 saturated carbocycles. The van der Waals surface area contributed by atoms with E-state index < -0.39 is 9.84 Å². The third kappa shape index (κ3) is 3.33. The Morgan fingerprint density at radius 2 is 1.94 bits per heavy atom. The van der Waals surface area contributed by atoms with Gasteiger partial charge in [0.25, 0.3) is 0 Å². The van der Waals surface area contributed by atoms with Gasteiger partial charge in [0.1, 0.15) is 15.5 Å². The number of anilines is 1. The molecule has 0 radical (unpaired) electrons. The molecule has 0 spiro atoms. The van der Waals surface area contributed by atoms with E-state index in [4.69, 9.17) is 10.3 Å². The summed E-state index contributed by atoms with van der Waals surface area (Å²) in [5.74, 6) is 0.426. The third-order valence-corrected chi connectivity index (χ3v) is 3.49. The lowest BCUT2D eigenvalue weighted by molar-refractivity contribution is 0.439. The van der Waals surface area contributed by atoms with Crippen molar-refractivity contribution in [1.82, 2.24) is 5.16 Å². The van der Waals surface area contributed by atoms with Gasteiger partial charge in [-0.05, 0) is 12.0 Å². The average molecular weight is 266 g/mol. The van der Waals surface area contributed by atoms with Crippen LogP contribution in [0.5, 0.6) is 0 Å². The van der Waals surface area contributed by atoms with E-state index in [2.05, 4.69) is 5.16 Å². The minimum absolute atomic E-state index is 0.156. The van der Waals surface area contributed by atoms with Crippen LogP contribution in [-0.4, -0.2) is 25.6 Å². The lowest BCUT2D eigenvalue weighted by Gasteiger charge is -2.01. The number of aryl methyl sites for hydroxylation is 1. The van der Waals surface area contributed by atoms with Crippen molar-refractivity contribution in [3.8, 4) is 11.3 Å². The van der Waals surface area contributed by atoms with Crippen molar-refractivity contribution in [3.63, 3.8) is 0 Å². The van der Waals surface area contributed by atoms with Crippen molar-refractivity contribution in [1.29, 1.82) is 0 Å². The molecule has 0 aliphatic heterocycles. The Morgan fingerprint density at radius 1 is 1.28 bits per heavy atom. The van der Waals surface area contributed by atoms with Gasteiger partial charge in [-0.2, -0.15) is 0 Å². The van der Waals surface area contributed by atoms with Gasteiger partial charge in [-0.3, -0.25) is 0 Å². The van der Waals surface area contributed by atoms with E-state index in [1.165, 1.54) is 6.26 Å². The SMILES string of the molecule is CS(=O)(=O)CCc1ccc(-c2cc(N)on2)cc1. The standard InChI is InChI=1S/C12H14N2O3S/c1-18(15,16)7-6-9-2-4-10(5-3-9)11-8-12(13)17-14-11/h2-5,8H,6-7,13H2,1H3. The Kier molecular flexibility index (Phi) is 3.38. The van der Waals surface area contributed by atoms with Crippen LogP contribution in [0, 0.1) is 0 Å². The fourth-order valence-electron chi connectivity index (χ4n) is 1.57. The number of benzene rings is 1. The molecule has 2 aromatic rings. The molecule has 1 aromatic heterocycles. The quantitative estimate of drug-likeness (QED) is 0.906. The third-order valence-electron chi connectivity index (χ3n) is 2.54. The van der Waals surface area contributed by atoms with E-state index in [-0.39, 0.29) is 11.6 Å². The van der Waals surface area contributed by atoms with Crippen LogP contribution >= 0.6 is 0 Å². The first kappa shape index (κ1) is 12.6. The van der Waals surface area contributed by atoms with Crippen LogP contribution in [0.2, 0.25) is 0 Å². The fraction of sp³-hybridized carbons (Fsp3) is 0.250. The summed E-state index contributed by atoms with van der Waals surface area (Å²) < 4.78 is 26.9. The zero-order valence-electron chi connectivity index (χ0n) is 9.96. The second-order valence-electron chi connectivity index (χ2n) is 4.19. The maximum absolute atomic E-state index is 11.1. The summed E-state index contributed by atoms with van der Waals surface area (Å²) in [6.45, 7) is 0. The van der Waals surface area contributed by atoms with E-state index in [0.29, 0.717) is 12.1 Å². The fourth-order valence-corrected chi connectivity index (χ4v) is 2.18. The predicted octanol–water partition coefficient (Wildman–Crippen LogP) is 1.51. The van der Waals surface area contributed by atoms with Gasteiger partial charge >= 0.3 is 0 Å². The number of sulfone groups is 1. The van der Waals surface area contributed by atoms with Crippen LogP contribution in [-0.2, 0) is 16.3 Å². The zero-order valence-corrected chi connectivity index (χ0v) is 10.8. The predicted molar refractivity (Wildman–Crippen MR) is 69.8 cm³/mol. The van der Waals surface area contributed by atoms with Gasteiger partial charge in [0.05, 0.1) is 5.75 Å². The van der Waals surface area contributed by atoms with Crippen LogP contribution in [0.15, 0.2) is 34.9 Å². The number of nitrogens with two attached hydrogens (primary N) is 1. The topological polar surface area (TPSA) is 86.2 Å². The molecule has 5 nitrogen and oxygen atoms in total. The first-order chi connectivity index (χ1) is 8.44. The highest BCUT2D eigenvalue weighted by Crippen LogP contribution is 2.20. The molecule has 96 valence electrons. The maximum atomic E-state index is 11.1. The van der Waals surface area contributed by atoms with Gasteiger partial charge < -0.3 is 10.3 Å². The van der Waals surface area contributed by atoms with Gasteiger partial charge in [0.2, 0.25) is 5.88 Å². The number of hydrogen-bond donors (Lipinski definition) is 1. The molecule has 2 N–H and O–H groups in total. The molecular weight excluding hydrogens is 252 g/mol. The largest absolute Gasteiger partial charge is 0.368 e. The monoisotopic (exact) mass is 266 g/mol. The Morgan fingerprint density at radius 3 is 2.44 bits per heavy atom. The number of rotatable bonds is 4. The molecule has 0 unspecified atom stereocenters. The van der Waals surface area contributed by atoms with E-state index in [0.717, 1.165) is 11.1 Å². The summed E-state index contributed by atoms with van der Waals surface area (Å²) in [6, 6.07) is 9.14. The number of hydrogen-bond acceptors (Lipinski definition) is 5. The van der Waals surface area contributed by atoms with E-state index in [1.54, 1.807) is 6.07 Å². The number of aromatic nitrogens is 1. The molecule has 0 fully saturated rings. The van der Waals surface area contributed by atoms with Gasteiger partial charge in [0, 0.05) is 17.9 Å². The summed E-state index contributed by atoms with van der Waals surface area (Å²) >= 11 is 0. The van der Waals surface area contributed by atoms with Crippen LogP contribution in [0.4, 0.5) is 5.88 Å². The van der Waals surface area contributed by atoms with Crippen molar-refractivity contribution >= 4 is 15.7 Å². The summed E-state index contributed by atoms with van der Waals surface area (Å²) in [7, 11) is -2.93. The normalized spacial score (nSPS) is 11.6. The molecular formula is C12H14N2O3S. The van der Waals surface area contributed by atoms with Crippen LogP contribution in [0.25, 0.3) is 11.3 Å². The van der Waals surface area contributed by atoms with Crippen LogP contribution < -0.4 is 5.73 Å². The van der Waals surface area contributed by atoms with Crippen molar-refractivity contribution < 1.29 is 12.9 Å². The van der Waals surface area contributed by atoms with Crippen LogP contribution in [0.1, 0.15) is 5.56 Å². The van der Waals surface area contributed by atoms with Crippen molar-refractivity contribution in [2.24, 2.45) is 0 Å². The van der Waals surface area contributed by atoms with Gasteiger partial charge in [-0.25, -0.2) is 8.42 Å². The highest BCUT2D eigenvalue weighted by molar-refractivity contribution is 7.90. The highest BCUT2D eigenvalue weighted by atomic mass is 32.2. The Bertz CT molecular complexity index is 630. The second kappa shape index (κ2) is 4.81. The molecule has 0 atom stereocenters. The molecule has 6 heteroatoms. The molecule has 1 aromatic carbocycles. The Labute approximate surface area is 106 Å². The minimum atomic E-state index is -2.93. The van der Waals surface area contributed by atoms with E-state index in [9.17, 15) is 8.42 Å². The molecule has 18 heavy (non-hydrogen) atoms. The molecule has 1 heterocycles. The van der Waals surface area contributed by atoms with Gasteiger partial charge in [0.15, 0.2) is 0 Å². The minimum Gasteiger partial charge on any atom is -0.368 e. The molecule has 0 aliphatic rings. The Balaban J connectivity index is 2.10. The van der Waals surface area contributed by atoms with E-state index in [1.807, 2.05) is 24.3 Å². The number of nitrogens with zero attached hydrogens (tertiary/aromatic N) is 1. The first-order valence-electron chi connectivity index (χ1n) is 5.43. The molecule has 0 saturated heterocycles. The highest BCUT2D eigenvalue weighted by Gasteiger charge is 2.06. The lowest BCUT2D eigenvalue weighted by atomic mass is 10.1. The molecule has 2 rings (SSSR count). The summed E-state index contributed by atoms with van der Waals surface area (Å²) in [5, 5.41) is 3.81. The summed E-state index contributed by atoms with van der Waals surface area (Å²) in [4.78, 5) is 0. The average Bonchev–Trinajstić information content (AvgIpc) is 2.73. The molecule has 0 bridgehead atoms. The maximum Gasteiger partial charge on any atom is 0.222 e. The zero-order chi connectivity index (χ0) is 13.2. The number of nitrogen functional groups attached to an aromatic ring is 1. The second-order valence-corrected chi connectivity index (χ2v) is 6.45. The summed E-state index contributed by atoms with van der Waals surface area (Å²) in [6.07, 6.45) is 1.75. The first-order valence-corrected chi connectivity index (χ1v) is 7.49. The van der Waals surface area contributed by atoms with Crippen molar-refractivity contribution in [2.75, 3.05) is 17.7 Å². The van der Waals surface area contributed by atoms with Gasteiger partial charge in [-0.15, -0.1) is 0 Å².